The van der Waals surface area contributed by atoms with Crippen LogP contribution in [0.5, 0.6) is 11.5 Å². The van der Waals surface area contributed by atoms with E-state index in [0.29, 0.717) is 68.4 Å². The molecule has 0 saturated carbocycles. The van der Waals surface area contributed by atoms with E-state index in [0.717, 1.165) is 34.6 Å². The normalized spacial score (nSPS) is 13.9. The minimum atomic E-state index is -0.0712. The van der Waals surface area contributed by atoms with E-state index in [1.807, 2.05) is 46.2 Å². The topological polar surface area (TPSA) is 59.1 Å². The van der Waals surface area contributed by atoms with Crippen LogP contribution in [0.1, 0.15) is 66.7 Å². The van der Waals surface area contributed by atoms with Gasteiger partial charge in [-0.25, -0.2) is 0 Å². The van der Waals surface area contributed by atoms with Crippen molar-refractivity contribution in [2.24, 2.45) is 0 Å². The summed E-state index contributed by atoms with van der Waals surface area (Å²) in [5.41, 5.74) is 1.10. The first-order chi connectivity index (χ1) is 16.9. The van der Waals surface area contributed by atoms with Crippen molar-refractivity contribution in [2.45, 2.75) is 46.0 Å². The Kier molecular flexibility index (Phi) is 10.9. The zero-order valence-electron chi connectivity index (χ0n) is 20.5. The van der Waals surface area contributed by atoms with Crippen LogP contribution in [0.25, 0.3) is 0 Å². The predicted octanol–water partition coefficient (Wildman–Crippen LogP) is 6.56. The van der Waals surface area contributed by atoms with Gasteiger partial charge in [0.15, 0.2) is 0 Å². The Labute approximate surface area is 225 Å². The van der Waals surface area contributed by atoms with E-state index in [-0.39, 0.29) is 11.8 Å². The van der Waals surface area contributed by atoms with Crippen LogP contribution in [-0.2, 0) is 0 Å². The van der Waals surface area contributed by atoms with Crippen molar-refractivity contribution in [2.75, 3.05) is 39.4 Å². The summed E-state index contributed by atoms with van der Waals surface area (Å²) >= 11 is 6.96. The maximum Gasteiger partial charge on any atom is 0.257 e. The van der Waals surface area contributed by atoms with E-state index in [4.69, 9.17) is 9.47 Å². The highest BCUT2D eigenvalue weighted by Gasteiger charge is 2.27. The van der Waals surface area contributed by atoms with Gasteiger partial charge in [-0.1, -0.05) is 58.5 Å². The van der Waals surface area contributed by atoms with Gasteiger partial charge in [0, 0.05) is 35.1 Å². The largest absolute Gasteiger partial charge is 0.493 e. The van der Waals surface area contributed by atoms with Crippen LogP contribution in [0, 0.1) is 0 Å². The maximum absolute atomic E-state index is 13.4. The Hall–Kier alpha value is -2.06. The van der Waals surface area contributed by atoms with Gasteiger partial charge in [0.25, 0.3) is 11.8 Å². The number of hydrogen-bond donors (Lipinski definition) is 0. The number of hydrogen-bond acceptors (Lipinski definition) is 4. The monoisotopic (exact) mass is 608 g/mol. The van der Waals surface area contributed by atoms with Crippen LogP contribution in [0.15, 0.2) is 45.3 Å². The number of amides is 2. The summed E-state index contributed by atoms with van der Waals surface area (Å²) in [4.78, 5) is 30.5. The average Bonchev–Trinajstić information content (AvgIpc) is 3.11. The molecule has 190 valence electrons. The molecule has 0 aromatic heterocycles. The van der Waals surface area contributed by atoms with E-state index in [9.17, 15) is 9.59 Å². The molecule has 2 aromatic rings. The van der Waals surface area contributed by atoms with Gasteiger partial charge in [-0.15, -0.1) is 0 Å². The smallest absolute Gasteiger partial charge is 0.257 e. The van der Waals surface area contributed by atoms with Gasteiger partial charge in [-0.05, 0) is 55.7 Å². The van der Waals surface area contributed by atoms with Crippen molar-refractivity contribution in [1.82, 2.24) is 9.80 Å². The number of carbonyl (C=O) groups is 2. The molecule has 1 aliphatic rings. The Morgan fingerprint density at radius 3 is 1.57 bits per heavy atom. The summed E-state index contributed by atoms with van der Waals surface area (Å²) < 4.78 is 13.5. The number of nitrogens with zero attached hydrogens (tertiary/aromatic N) is 2. The molecule has 0 atom stereocenters. The molecule has 1 saturated heterocycles. The summed E-state index contributed by atoms with van der Waals surface area (Å²) in [5.74, 6) is 1.06. The molecule has 2 aromatic carbocycles. The van der Waals surface area contributed by atoms with Gasteiger partial charge in [0.05, 0.1) is 24.3 Å². The Bertz CT molecular complexity index is 935. The van der Waals surface area contributed by atoms with Crippen LogP contribution in [0.4, 0.5) is 0 Å². The molecule has 0 radical (unpaired) electrons. The van der Waals surface area contributed by atoms with E-state index >= 15 is 0 Å². The fraction of sp³-hybridized carbons (Fsp3) is 0.481. The Morgan fingerprint density at radius 1 is 0.743 bits per heavy atom. The molecule has 0 bridgehead atoms. The van der Waals surface area contributed by atoms with E-state index < -0.39 is 0 Å². The zero-order chi connectivity index (χ0) is 25.2. The number of halogens is 2. The summed E-state index contributed by atoms with van der Waals surface area (Å²) in [7, 11) is 0. The Balaban J connectivity index is 1.71. The fourth-order valence-electron chi connectivity index (χ4n) is 3.91. The van der Waals surface area contributed by atoms with Crippen molar-refractivity contribution in [3.05, 3.63) is 56.5 Å². The van der Waals surface area contributed by atoms with E-state index in [1.54, 1.807) is 0 Å². The second-order valence-corrected chi connectivity index (χ2v) is 10.5. The molecular formula is C27H34Br2N2O4. The molecule has 1 heterocycles. The summed E-state index contributed by atoms with van der Waals surface area (Å²) in [6.07, 6.45) is 4.63. The first kappa shape index (κ1) is 27.5. The van der Waals surface area contributed by atoms with E-state index in [2.05, 4.69) is 45.7 Å². The van der Waals surface area contributed by atoms with Gasteiger partial charge in [-0.3, -0.25) is 9.59 Å². The molecule has 0 N–H and O–H groups in total. The van der Waals surface area contributed by atoms with Gasteiger partial charge in [0.1, 0.15) is 11.5 Å². The Morgan fingerprint density at radius 2 is 1.17 bits per heavy atom. The van der Waals surface area contributed by atoms with Crippen molar-refractivity contribution < 1.29 is 19.1 Å². The third-order valence-electron chi connectivity index (χ3n) is 5.93. The fourth-order valence-corrected chi connectivity index (χ4v) is 4.63. The lowest BCUT2D eigenvalue weighted by Gasteiger charge is -2.24. The lowest BCUT2D eigenvalue weighted by atomic mass is 10.1. The van der Waals surface area contributed by atoms with Crippen molar-refractivity contribution in [3.63, 3.8) is 0 Å². The van der Waals surface area contributed by atoms with Gasteiger partial charge >= 0.3 is 0 Å². The van der Waals surface area contributed by atoms with Crippen LogP contribution in [-0.4, -0.2) is 61.0 Å². The summed E-state index contributed by atoms with van der Waals surface area (Å²) in [5, 5.41) is 0. The lowest BCUT2D eigenvalue weighted by molar-refractivity contribution is 0.0713. The summed E-state index contributed by atoms with van der Waals surface area (Å²) in [6, 6.07) is 11.1. The molecule has 0 spiro atoms. The first-order valence-corrected chi connectivity index (χ1v) is 14.0. The second-order valence-electron chi connectivity index (χ2n) is 8.62. The molecule has 2 amide bonds. The maximum atomic E-state index is 13.4. The molecule has 1 aliphatic heterocycles. The number of unbranched alkanes of at least 4 members (excludes halogenated alkanes) is 2. The standard InChI is InChI=1S/C27H34Br2N2O4/c1-3-5-16-34-24-10-8-20(28)18-22(24)26(32)30-12-7-13-31(15-14-30)27(33)23-19-21(29)9-11-25(23)35-17-6-4-2/h8-11,18-19H,3-7,12-17H2,1-2H3. The minimum absolute atomic E-state index is 0.0712. The minimum Gasteiger partial charge on any atom is -0.493 e. The molecule has 0 aliphatic carbocycles. The molecule has 3 rings (SSSR count). The molecule has 35 heavy (non-hydrogen) atoms. The van der Waals surface area contributed by atoms with Gasteiger partial charge in [0.2, 0.25) is 0 Å². The lowest BCUT2D eigenvalue weighted by Crippen LogP contribution is -2.37. The van der Waals surface area contributed by atoms with Crippen molar-refractivity contribution >= 4 is 43.7 Å². The quantitative estimate of drug-likeness (QED) is 0.286. The summed E-state index contributed by atoms with van der Waals surface area (Å²) in [6.45, 7) is 7.47. The van der Waals surface area contributed by atoms with Crippen LogP contribution in [0.3, 0.4) is 0 Å². The highest BCUT2D eigenvalue weighted by molar-refractivity contribution is 9.10. The molecule has 0 unspecified atom stereocenters. The first-order valence-electron chi connectivity index (χ1n) is 12.4. The van der Waals surface area contributed by atoms with Crippen molar-refractivity contribution in [3.8, 4) is 11.5 Å². The van der Waals surface area contributed by atoms with Crippen molar-refractivity contribution in [1.29, 1.82) is 0 Å². The molecular weight excluding hydrogens is 576 g/mol. The third-order valence-corrected chi connectivity index (χ3v) is 6.91. The van der Waals surface area contributed by atoms with E-state index in [1.165, 1.54) is 0 Å². The molecule has 8 heteroatoms. The predicted molar refractivity (Wildman–Crippen MR) is 146 cm³/mol. The molecule has 1 fully saturated rings. The third kappa shape index (κ3) is 7.71. The SMILES string of the molecule is CCCCOc1ccc(Br)cc1C(=O)N1CCCN(C(=O)c2cc(Br)ccc2OCCCC)CC1. The average molecular weight is 610 g/mol. The van der Waals surface area contributed by atoms with Crippen LogP contribution < -0.4 is 9.47 Å². The van der Waals surface area contributed by atoms with Gasteiger partial charge in [-0.2, -0.15) is 0 Å². The molecule has 6 nitrogen and oxygen atoms in total. The highest BCUT2D eigenvalue weighted by Crippen LogP contribution is 2.27. The number of carbonyl (C=O) groups excluding carboxylic acids is 2. The number of ether oxygens (including phenoxy) is 2. The number of rotatable bonds is 10. The van der Waals surface area contributed by atoms with Crippen LogP contribution in [0.2, 0.25) is 0 Å². The van der Waals surface area contributed by atoms with Gasteiger partial charge < -0.3 is 19.3 Å². The number of benzene rings is 2. The second kappa shape index (κ2) is 13.9. The highest BCUT2D eigenvalue weighted by atomic mass is 79.9. The zero-order valence-corrected chi connectivity index (χ0v) is 23.7. The van der Waals surface area contributed by atoms with Crippen LogP contribution >= 0.6 is 31.9 Å².